The summed E-state index contributed by atoms with van der Waals surface area (Å²) in [5.41, 5.74) is 1.97. The summed E-state index contributed by atoms with van der Waals surface area (Å²) in [6, 6.07) is 8.89. The normalized spacial score (nSPS) is 16.9. The van der Waals surface area contributed by atoms with Crippen LogP contribution in [0.25, 0.3) is 10.9 Å². The largest absolute Gasteiger partial charge is 0.338 e. The van der Waals surface area contributed by atoms with Crippen LogP contribution in [0.15, 0.2) is 42.6 Å². The molecule has 1 aromatic heterocycles. The van der Waals surface area contributed by atoms with Crippen LogP contribution in [0.2, 0.25) is 0 Å². The second-order valence-corrected chi connectivity index (χ2v) is 6.59. The molecular weight excluding hydrogens is 354 g/mol. The number of H-pyrrole nitrogens is 1. The molecule has 27 heavy (non-hydrogen) atoms. The van der Waals surface area contributed by atoms with Crippen LogP contribution in [-0.4, -0.2) is 33.5 Å². The van der Waals surface area contributed by atoms with Gasteiger partial charge in [-0.2, -0.15) is 5.10 Å². The van der Waals surface area contributed by atoms with Gasteiger partial charge < -0.3 is 10.2 Å². The second kappa shape index (κ2) is 6.79. The summed E-state index contributed by atoms with van der Waals surface area (Å²) >= 11 is 0. The Bertz CT molecular complexity index is 1030. The molecule has 4 rings (SSSR count). The predicted molar refractivity (Wildman–Crippen MR) is 94.6 cm³/mol. The van der Waals surface area contributed by atoms with E-state index >= 15 is 0 Å². The minimum Gasteiger partial charge on any atom is -0.338 e. The van der Waals surface area contributed by atoms with Gasteiger partial charge >= 0.3 is 0 Å². The molecule has 2 heterocycles. The van der Waals surface area contributed by atoms with Crippen molar-refractivity contribution < 1.29 is 18.4 Å². The lowest BCUT2D eigenvalue weighted by atomic mass is 10.1. The minimum atomic E-state index is -0.955. The Kier molecular flexibility index (Phi) is 4.31. The van der Waals surface area contributed by atoms with Gasteiger partial charge in [0.05, 0.1) is 17.6 Å². The van der Waals surface area contributed by atoms with Crippen molar-refractivity contribution in [3.05, 3.63) is 59.8 Å². The monoisotopic (exact) mass is 370 g/mol. The zero-order valence-corrected chi connectivity index (χ0v) is 14.2. The van der Waals surface area contributed by atoms with Crippen LogP contribution in [0, 0.1) is 17.6 Å². The Morgan fingerprint density at radius 1 is 1.22 bits per heavy atom. The fraction of sp³-hybridized carbons (Fsp3) is 0.211. The van der Waals surface area contributed by atoms with E-state index in [-0.39, 0.29) is 31.3 Å². The molecule has 1 saturated heterocycles. The highest BCUT2D eigenvalue weighted by Crippen LogP contribution is 2.23. The van der Waals surface area contributed by atoms with Crippen LogP contribution in [0.5, 0.6) is 0 Å². The van der Waals surface area contributed by atoms with E-state index in [0.717, 1.165) is 23.0 Å². The lowest BCUT2D eigenvalue weighted by molar-refractivity contribution is -0.128. The number of nitrogens with zero attached hydrogens (tertiary/aromatic N) is 2. The third kappa shape index (κ3) is 3.51. The maximum Gasteiger partial charge on any atom is 0.229 e. The molecule has 0 aliphatic carbocycles. The second-order valence-electron chi connectivity index (χ2n) is 6.59. The molecule has 138 valence electrons. The number of halogens is 2. The molecule has 3 aromatic rings. The topological polar surface area (TPSA) is 78.1 Å². The Morgan fingerprint density at radius 3 is 2.89 bits per heavy atom. The molecule has 1 unspecified atom stereocenters. The lowest BCUT2D eigenvalue weighted by Gasteiger charge is -2.17. The number of carbonyl (C=O) groups excluding carboxylic acids is 2. The first-order valence-electron chi connectivity index (χ1n) is 8.45. The number of nitrogens with one attached hydrogen (secondary N) is 2. The predicted octanol–water partition coefficient (Wildman–Crippen LogP) is 2.83. The SMILES string of the molecule is O=C(Nc1ccc2[nH]ncc2c1)C1CC(=O)N(Cc2ccc(F)c(F)c2)C1. The van der Waals surface area contributed by atoms with E-state index in [2.05, 4.69) is 15.5 Å². The van der Waals surface area contributed by atoms with Crippen molar-refractivity contribution in [3.63, 3.8) is 0 Å². The summed E-state index contributed by atoms with van der Waals surface area (Å²) in [5, 5.41) is 10.5. The average Bonchev–Trinajstić information content (AvgIpc) is 3.25. The number of aromatic amines is 1. The van der Waals surface area contributed by atoms with Crippen molar-refractivity contribution in [3.8, 4) is 0 Å². The minimum absolute atomic E-state index is 0.0868. The molecule has 6 nitrogen and oxygen atoms in total. The van der Waals surface area contributed by atoms with Gasteiger partial charge in [-0.1, -0.05) is 6.07 Å². The fourth-order valence-corrected chi connectivity index (χ4v) is 3.22. The number of fused-ring (bicyclic) bond motifs is 1. The van der Waals surface area contributed by atoms with Crippen LogP contribution < -0.4 is 5.32 Å². The Morgan fingerprint density at radius 2 is 2.07 bits per heavy atom. The van der Waals surface area contributed by atoms with Gasteiger partial charge in [-0.05, 0) is 35.9 Å². The molecule has 1 aliphatic rings. The van der Waals surface area contributed by atoms with Crippen molar-refractivity contribution >= 4 is 28.4 Å². The smallest absolute Gasteiger partial charge is 0.229 e. The summed E-state index contributed by atoms with van der Waals surface area (Å²) in [6.07, 6.45) is 1.75. The summed E-state index contributed by atoms with van der Waals surface area (Å²) in [5.74, 6) is -2.83. The van der Waals surface area contributed by atoms with E-state index in [1.54, 1.807) is 18.3 Å². The van der Waals surface area contributed by atoms with Crippen LogP contribution in [-0.2, 0) is 16.1 Å². The molecule has 2 N–H and O–H groups in total. The average molecular weight is 370 g/mol. The quantitative estimate of drug-likeness (QED) is 0.741. The number of anilines is 1. The van der Waals surface area contributed by atoms with Gasteiger partial charge in [-0.3, -0.25) is 14.7 Å². The summed E-state index contributed by atoms with van der Waals surface area (Å²) in [6.45, 7) is 0.373. The highest BCUT2D eigenvalue weighted by molar-refractivity contribution is 5.98. The number of hydrogen-bond donors (Lipinski definition) is 2. The summed E-state index contributed by atoms with van der Waals surface area (Å²) in [7, 11) is 0. The third-order valence-corrected chi connectivity index (χ3v) is 4.65. The van der Waals surface area contributed by atoms with Crippen LogP contribution in [0.4, 0.5) is 14.5 Å². The standard InChI is InChI=1S/C19H16F2N4O2/c20-15-3-1-11(5-16(15)21)9-25-10-13(7-18(25)26)19(27)23-14-2-4-17-12(6-14)8-22-24-17/h1-6,8,13H,7,9-10H2,(H,22,24)(H,23,27). The summed E-state index contributed by atoms with van der Waals surface area (Å²) < 4.78 is 26.4. The van der Waals surface area contributed by atoms with Crippen LogP contribution in [0.1, 0.15) is 12.0 Å². The highest BCUT2D eigenvalue weighted by Gasteiger charge is 2.34. The van der Waals surface area contributed by atoms with E-state index in [0.29, 0.717) is 11.3 Å². The molecule has 1 fully saturated rings. The van der Waals surface area contributed by atoms with E-state index in [4.69, 9.17) is 0 Å². The molecule has 1 aliphatic heterocycles. The highest BCUT2D eigenvalue weighted by atomic mass is 19.2. The molecule has 0 spiro atoms. The Balaban J connectivity index is 1.41. The first-order valence-corrected chi connectivity index (χ1v) is 8.45. The number of hydrogen-bond acceptors (Lipinski definition) is 3. The molecule has 1 atom stereocenters. The van der Waals surface area contributed by atoms with Gasteiger partial charge in [0.2, 0.25) is 11.8 Å². The number of amides is 2. The van der Waals surface area contributed by atoms with Crippen molar-refractivity contribution in [1.29, 1.82) is 0 Å². The van der Waals surface area contributed by atoms with Gasteiger partial charge in [0.1, 0.15) is 0 Å². The first kappa shape index (κ1) is 17.1. The number of benzene rings is 2. The molecule has 2 aromatic carbocycles. The number of likely N-dealkylation sites (tertiary alicyclic amines) is 1. The zero-order valence-electron chi connectivity index (χ0n) is 14.2. The van der Waals surface area contributed by atoms with Crippen LogP contribution >= 0.6 is 0 Å². The summed E-state index contributed by atoms with van der Waals surface area (Å²) in [4.78, 5) is 26.2. The lowest BCUT2D eigenvalue weighted by Crippen LogP contribution is -2.28. The Labute approximate surface area is 153 Å². The molecule has 2 amide bonds. The van der Waals surface area contributed by atoms with Gasteiger partial charge in [0.15, 0.2) is 11.6 Å². The molecule has 0 bridgehead atoms. The fourth-order valence-electron chi connectivity index (χ4n) is 3.22. The van der Waals surface area contributed by atoms with Gasteiger partial charge in [0, 0.05) is 30.6 Å². The zero-order chi connectivity index (χ0) is 19.0. The van der Waals surface area contributed by atoms with E-state index < -0.39 is 17.6 Å². The number of carbonyl (C=O) groups is 2. The van der Waals surface area contributed by atoms with Gasteiger partial charge in [0.25, 0.3) is 0 Å². The number of aromatic nitrogens is 2. The van der Waals surface area contributed by atoms with E-state index in [1.165, 1.54) is 11.0 Å². The maximum absolute atomic E-state index is 13.3. The molecule has 8 heteroatoms. The van der Waals surface area contributed by atoms with Crippen molar-refractivity contribution in [2.75, 3.05) is 11.9 Å². The number of rotatable bonds is 4. The van der Waals surface area contributed by atoms with Crippen molar-refractivity contribution in [1.82, 2.24) is 15.1 Å². The van der Waals surface area contributed by atoms with Gasteiger partial charge in [-0.25, -0.2) is 8.78 Å². The molecule has 0 radical (unpaired) electrons. The van der Waals surface area contributed by atoms with Gasteiger partial charge in [-0.15, -0.1) is 0 Å². The first-order chi connectivity index (χ1) is 13.0. The van der Waals surface area contributed by atoms with Crippen LogP contribution in [0.3, 0.4) is 0 Å². The third-order valence-electron chi connectivity index (χ3n) is 4.65. The van der Waals surface area contributed by atoms with E-state index in [1.807, 2.05) is 6.07 Å². The van der Waals surface area contributed by atoms with Crippen molar-refractivity contribution in [2.45, 2.75) is 13.0 Å². The molecule has 0 saturated carbocycles. The molecular formula is C19H16F2N4O2. The Hall–Kier alpha value is -3.29. The van der Waals surface area contributed by atoms with Crippen molar-refractivity contribution in [2.24, 2.45) is 5.92 Å². The maximum atomic E-state index is 13.3. The van der Waals surface area contributed by atoms with E-state index in [9.17, 15) is 18.4 Å².